The highest BCUT2D eigenvalue weighted by molar-refractivity contribution is 6.05. The first kappa shape index (κ1) is 26.6. The number of hydrogen-bond acceptors (Lipinski definition) is 5. The van der Waals surface area contributed by atoms with Gasteiger partial charge in [0.2, 0.25) is 0 Å². The number of carbonyl (C=O) groups is 1. The van der Waals surface area contributed by atoms with Gasteiger partial charge in [-0.1, -0.05) is 18.2 Å². The molecular weight excluding hydrogens is 507 g/mol. The lowest BCUT2D eigenvalue weighted by Gasteiger charge is -2.33. The zero-order valence-corrected chi connectivity index (χ0v) is 21.6. The van der Waals surface area contributed by atoms with Gasteiger partial charge < -0.3 is 15.2 Å². The summed E-state index contributed by atoms with van der Waals surface area (Å²) in [5.41, 5.74) is 2.55. The van der Waals surface area contributed by atoms with Crippen molar-refractivity contribution in [2.24, 2.45) is 0 Å². The molecule has 202 valence electrons. The molecule has 10 heteroatoms. The first-order valence-electron chi connectivity index (χ1n) is 12.6. The molecule has 0 unspecified atom stereocenters. The zero-order valence-electron chi connectivity index (χ0n) is 21.6. The molecule has 0 aliphatic carbocycles. The molecule has 0 spiro atoms. The number of aromatic amines is 1. The highest BCUT2D eigenvalue weighted by atomic mass is 19.4. The molecule has 39 heavy (non-hydrogen) atoms. The van der Waals surface area contributed by atoms with E-state index in [0.29, 0.717) is 24.2 Å². The van der Waals surface area contributed by atoms with Crippen molar-refractivity contribution in [3.05, 3.63) is 93.5 Å². The van der Waals surface area contributed by atoms with Crippen LogP contribution in [-0.4, -0.2) is 58.9 Å². The van der Waals surface area contributed by atoms with E-state index in [4.69, 9.17) is 0 Å². The van der Waals surface area contributed by atoms with Gasteiger partial charge in [-0.2, -0.15) is 13.2 Å². The Bertz CT molecular complexity index is 1590. The number of alkyl halides is 3. The van der Waals surface area contributed by atoms with E-state index in [1.165, 1.54) is 18.3 Å². The second-order valence-electron chi connectivity index (χ2n) is 9.92. The third-order valence-electron chi connectivity index (χ3n) is 7.09. The van der Waals surface area contributed by atoms with E-state index in [2.05, 4.69) is 20.2 Å². The number of carbonyl (C=O) groups excluding carboxylic acids is 1. The molecule has 0 saturated carbocycles. The number of hydrogen-bond donors (Lipinski definition) is 2. The first-order valence-corrected chi connectivity index (χ1v) is 12.6. The number of likely N-dealkylation sites (N-methyl/N-ethyl adjacent to an activating group) is 1. The fourth-order valence-corrected chi connectivity index (χ4v) is 4.81. The van der Waals surface area contributed by atoms with E-state index in [-0.39, 0.29) is 17.8 Å². The Morgan fingerprint density at radius 1 is 1.03 bits per heavy atom. The third-order valence-corrected chi connectivity index (χ3v) is 7.09. The second-order valence-corrected chi connectivity index (χ2v) is 9.92. The summed E-state index contributed by atoms with van der Waals surface area (Å²) in [6, 6.07) is 14.6. The maximum atomic E-state index is 14.0. The molecule has 4 aromatic rings. The lowest BCUT2D eigenvalue weighted by atomic mass is 9.97. The van der Waals surface area contributed by atoms with Crippen molar-refractivity contribution in [2.75, 3.05) is 38.5 Å². The van der Waals surface area contributed by atoms with E-state index in [0.717, 1.165) is 41.2 Å². The van der Waals surface area contributed by atoms with Crippen LogP contribution in [-0.2, 0) is 12.7 Å². The van der Waals surface area contributed by atoms with Crippen molar-refractivity contribution in [3.63, 3.8) is 0 Å². The van der Waals surface area contributed by atoms with Crippen LogP contribution in [0.5, 0.6) is 0 Å². The smallest absolute Gasteiger partial charge is 0.322 e. The topological polar surface area (TPSA) is 81.3 Å². The molecule has 1 aliphatic heterocycles. The second kappa shape index (κ2) is 10.6. The summed E-state index contributed by atoms with van der Waals surface area (Å²) in [4.78, 5) is 35.2. The number of benzene rings is 3. The van der Waals surface area contributed by atoms with Gasteiger partial charge in [-0.15, -0.1) is 0 Å². The highest BCUT2D eigenvalue weighted by Gasteiger charge is 2.34. The molecule has 3 aromatic carbocycles. The quantitative estimate of drug-likeness (QED) is 0.379. The monoisotopic (exact) mass is 535 g/mol. The number of halogens is 3. The fourth-order valence-electron chi connectivity index (χ4n) is 4.81. The molecule has 5 rings (SSSR count). The van der Waals surface area contributed by atoms with Crippen molar-refractivity contribution in [2.45, 2.75) is 19.6 Å². The maximum absolute atomic E-state index is 14.0. The number of rotatable bonds is 5. The summed E-state index contributed by atoms with van der Waals surface area (Å²) in [6.45, 7) is 5.13. The molecule has 0 radical (unpaired) electrons. The SMILES string of the molecule is Cc1ccc(C(=O)Nc2ccc(CN3CCN(C)CC3)c(C(F)(F)F)c2)cc1-c1ccc2[nH]c(=O)ncc2c1. The van der Waals surface area contributed by atoms with Gasteiger partial charge in [0.05, 0.1) is 11.1 Å². The molecule has 2 N–H and O–H groups in total. The van der Waals surface area contributed by atoms with E-state index >= 15 is 0 Å². The summed E-state index contributed by atoms with van der Waals surface area (Å²) in [5, 5.41) is 3.37. The van der Waals surface area contributed by atoms with Crippen LogP contribution >= 0.6 is 0 Å². The lowest BCUT2D eigenvalue weighted by molar-refractivity contribution is -0.138. The Kier molecular flexibility index (Phi) is 7.24. The van der Waals surface area contributed by atoms with Gasteiger partial charge in [0.25, 0.3) is 5.91 Å². The summed E-state index contributed by atoms with van der Waals surface area (Å²) in [5.74, 6) is -0.511. The molecular formula is C29H28F3N5O2. The standard InChI is InChI=1S/C29H28F3N5O2/c1-18-3-4-20(14-24(18)19-6-8-26-22(13-19)16-33-28(39)35-26)27(38)34-23-7-5-21(25(15-23)29(30,31)32)17-37-11-9-36(2)10-12-37/h3-8,13-16H,9-12,17H2,1-2H3,(H,34,38)(H,33,35,39). The van der Waals surface area contributed by atoms with Crippen molar-refractivity contribution in [3.8, 4) is 11.1 Å². The number of aromatic nitrogens is 2. The van der Waals surface area contributed by atoms with Crippen LogP contribution in [0.15, 0.2) is 65.6 Å². The van der Waals surface area contributed by atoms with Crippen LogP contribution in [0.3, 0.4) is 0 Å². The molecule has 2 heterocycles. The van der Waals surface area contributed by atoms with Crippen molar-refractivity contribution < 1.29 is 18.0 Å². The number of H-pyrrole nitrogens is 1. The van der Waals surface area contributed by atoms with Crippen LogP contribution < -0.4 is 11.0 Å². The molecule has 1 aromatic heterocycles. The van der Waals surface area contributed by atoms with E-state index < -0.39 is 23.3 Å². The molecule has 0 bridgehead atoms. The van der Waals surface area contributed by atoms with Gasteiger partial charge in [-0.25, -0.2) is 9.78 Å². The number of aryl methyl sites for hydroxylation is 1. The Balaban J connectivity index is 1.39. The maximum Gasteiger partial charge on any atom is 0.416 e. The van der Waals surface area contributed by atoms with E-state index in [1.807, 2.05) is 31.0 Å². The van der Waals surface area contributed by atoms with Crippen LogP contribution in [0.4, 0.5) is 18.9 Å². The van der Waals surface area contributed by atoms with Crippen molar-refractivity contribution >= 4 is 22.5 Å². The minimum Gasteiger partial charge on any atom is -0.322 e. The fraction of sp³-hybridized carbons (Fsp3) is 0.276. The third kappa shape index (κ3) is 6.02. The molecule has 1 fully saturated rings. The average molecular weight is 536 g/mol. The van der Waals surface area contributed by atoms with Gasteiger partial charge in [0.1, 0.15) is 0 Å². The van der Waals surface area contributed by atoms with Gasteiger partial charge in [-0.05, 0) is 72.6 Å². The minimum atomic E-state index is -4.55. The predicted molar refractivity (Wildman–Crippen MR) is 145 cm³/mol. The summed E-state index contributed by atoms with van der Waals surface area (Å²) in [6.07, 6.45) is -3.07. The normalized spacial score (nSPS) is 15.0. The number of nitrogens with zero attached hydrogens (tertiary/aromatic N) is 3. The number of fused-ring (bicyclic) bond motifs is 1. The summed E-state index contributed by atoms with van der Waals surface area (Å²) in [7, 11) is 2.00. The number of anilines is 1. The van der Waals surface area contributed by atoms with Crippen LogP contribution in [0.2, 0.25) is 0 Å². The Hall–Kier alpha value is -4.02. The zero-order chi connectivity index (χ0) is 27.7. The minimum absolute atomic E-state index is 0.0808. The molecule has 1 saturated heterocycles. The Morgan fingerprint density at radius 2 is 1.79 bits per heavy atom. The first-order chi connectivity index (χ1) is 18.6. The Morgan fingerprint density at radius 3 is 2.54 bits per heavy atom. The van der Waals surface area contributed by atoms with Crippen LogP contribution in [0.1, 0.15) is 27.0 Å². The molecule has 1 aliphatic rings. The summed E-state index contributed by atoms with van der Waals surface area (Å²) >= 11 is 0. The van der Waals surface area contributed by atoms with Crippen molar-refractivity contribution in [1.29, 1.82) is 0 Å². The largest absolute Gasteiger partial charge is 0.416 e. The molecule has 7 nitrogen and oxygen atoms in total. The number of nitrogens with one attached hydrogen (secondary N) is 2. The van der Waals surface area contributed by atoms with Gasteiger partial charge >= 0.3 is 11.9 Å². The van der Waals surface area contributed by atoms with Crippen molar-refractivity contribution in [1.82, 2.24) is 19.8 Å². The molecule has 1 amide bonds. The van der Waals surface area contributed by atoms with Gasteiger partial charge in [0, 0.05) is 55.6 Å². The Labute approximate surface area is 223 Å². The van der Waals surface area contributed by atoms with Gasteiger partial charge in [0.15, 0.2) is 0 Å². The number of piperazine rings is 1. The molecule has 0 atom stereocenters. The van der Waals surface area contributed by atoms with Gasteiger partial charge in [-0.3, -0.25) is 9.69 Å². The summed E-state index contributed by atoms with van der Waals surface area (Å²) < 4.78 is 41.9. The van der Waals surface area contributed by atoms with E-state index in [1.54, 1.807) is 24.3 Å². The lowest BCUT2D eigenvalue weighted by Crippen LogP contribution is -2.44. The van der Waals surface area contributed by atoms with Crippen LogP contribution in [0, 0.1) is 6.92 Å². The van der Waals surface area contributed by atoms with Crippen LogP contribution in [0.25, 0.3) is 22.0 Å². The average Bonchev–Trinajstić information content (AvgIpc) is 2.90. The van der Waals surface area contributed by atoms with E-state index in [9.17, 15) is 22.8 Å². The predicted octanol–water partition coefficient (Wildman–Crippen LogP) is 4.92. The number of amides is 1. The highest BCUT2D eigenvalue weighted by Crippen LogP contribution is 2.35.